The Morgan fingerprint density at radius 2 is 1.93 bits per heavy atom. The van der Waals surface area contributed by atoms with Crippen molar-refractivity contribution < 1.29 is 4.79 Å². The first-order valence-corrected chi connectivity index (χ1v) is 9.65. The van der Waals surface area contributed by atoms with Crippen LogP contribution in [0.2, 0.25) is 10.0 Å². The van der Waals surface area contributed by atoms with Crippen LogP contribution >= 0.6 is 23.2 Å². The molecule has 1 atom stereocenters. The van der Waals surface area contributed by atoms with Crippen LogP contribution in [-0.4, -0.2) is 27.0 Å². The van der Waals surface area contributed by atoms with E-state index in [1.807, 2.05) is 30.3 Å². The van der Waals surface area contributed by atoms with E-state index in [-0.39, 0.29) is 5.91 Å². The highest BCUT2D eigenvalue weighted by Crippen LogP contribution is 2.28. The molecule has 4 rings (SSSR count). The van der Waals surface area contributed by atoms with Gasteiger partial charge in [0.15, 0.2) is 0 Å². The summed E-state index contributed by atoms with van der Waals surface area (Å²) in [6, 6.07) is 14.4. The van der Waals surface area contributed by atoms with Crippen molar-refractivity contribution in [1.82, 2.24) is 15.1 Å². The van der Waals surface area contributed by atoms with Gasteiger partial charge in [0.05, 0.1) is 11.7 Å². The maximum Gasteiger partial charge on any atom is 0.240 e. The number of rotatable bonds is 4. The van der Waals surface area contributed by atoms with Gasteiger partial charge in [-0.25, -0.2) is 0 Å². The molecule has 1 aromatic heterocycles. The number of fused-ring (bicyclic) bond motifs is 1. The summed E-state index contributed by atoms with van der Waals surface area (Å²) in [6.07, 6.45) is 2.01. The Hall–Kier alpha value is -2.47. The normalized spacial score (nSPS) is 14.0. The highest BCUT2D eigenvalue weighted by atomic mass is 35.5. The first kappa shape index (κ1) is 18.9. The Balaban J connectivity index is 1.47. The fraction of sp³-hybridized carbons (Fsp3) is 0.190. The van der Waals surface area contributed by atoms with Gasteiger partial charge in [-0.3, -0.25) is 4.79 Å². The number of carbonyl (C=O) groups excluding carboxylic acids is 1. The molecule has 1 amide bonds. The molecule has 0 saturated heterocycles. The second-order valence-electron chi connectivity index (χ2n) is 6.83. The number of carbonyl (C=O) groups is 1. The Bertz CT molecular complexity index is 1030. The van der Waals surface area contributed by atoms with Crippen molar-refractivity contribution in [2.24, 2.45) is 5.73 Å². The second kappa shape index (κ2) is 7.87. The second-order valence-corrected chi connectivity index (χ2v) is 7.68. The minimum absolute atomic E-state index is 0.0942. The maximum absolute atomic E-state index is 12.9. The van der Waals surface area contributed by atoms with Gasteiger partial charge in [0.1, 0.15) is 0 Å². The number of hydrogen-bond donors (Lipinski definition) is 1. The largest absolute Gasteiger partial charge is 0.333 e. The fourth-order valence-electron chi connectivity index (χ4n) is 3.41. The third-order valence-electron chi connectivity index (χ3n) is 4.88. The number of aromatic nitrogens is 2. The Morgan fingerprint density at radius 1 is 1.11 bits per heavy atom. The third kappa shape index (κ3) is 3.87. The van der Waals surface area contributed by atoms with Gasteiger partial charge in [-0.2, -0.15) is 10.2 Å². The molecule has 0 unspecified atom stereocenters. The van der Waals surface area contributed by atoms with E-state index in [0.29, 0.717) is 29.6 Å². The van der Waals surface area contributed by atoms with Crippen molar-refractivity contribution in [3.63, 3.8) is 0 Å². The van der Waals surface area contributed by atoms with E-state index in [9.17, 15) is 4.79 Å². The van der Waals surface area contributed by atoms with Crippen LogP contribution in [0.3, 0.4) is 0 Å². The van der Waals surface area contributed by atoms with Gasteiger partial charge >= 0.3 is 0 Å². The van der Waals surface area contributed by atoms with E-state index in [1.54, 1.807) is 23.2 Å². The topological polar surface area (TPSA) is 72.1 Å². The van der Waals surface area contributed by atoms with Crippen LogP contribution in [0.4, 0.5) is 0 Å². The lowest BCUT2D eigenvalue weighted by Crippen LogP contribution is -2.42. The molecule has 1 aliphatic rings. The van der Waals surface area contributed by atoms with Gasteiger partial charge < -0.3 is 10.6 Å². The van der Waals surface area contributed by atoms with Crippen molar-refractivity contribution in [3.05, 3.63) is 81.5 Å². The summed E-state index contributed by atoms with van der Waals surface area (Å²) < 4.78 is 0. The summed E-state index contributed by atoms with van der Waals surface area (Å²) in [7, 11) is 0. The zero-order valence-electron chi connectivity index (χ0n) is 15.0. The highest BCUT2D eigenvalue weighted by Gasteiger charge is 2.28. The van der Waals surface area contributed by atoms with Crippen molar-refractivity contribution in [2.75, 3.05) is 0 Å². The molecule has 2 N–H and O–H groups in total. The molecule has 0 bridgehead atoms. The average molecular weight is 413 g/mol. The molecule has 142 valence electrons. The molecule has 2 heterocycles. The standard InChI is InChI=1S/C21H18Cl2N4O/c22-17-6-5-13(18(23)10-17)9-19(24)21(28)27-11-15-4-3-14(8-16(15)12-27)20-2-1-7-25-26-20/h1-8,10,19H,9,11-12,24H2/t19-/m1/s1. The molecule has 0 aliphatic carbocycles. The molecule has 1 aliphatic heterocycles. The number of hydrogen-bond acceptors (Lipinski definition) is 4. The van der Waals surface area contributed by atoms with Crippen LogP contribution in [-0.2, 0) is 24.3 Å². The van der Waals surface area contributed by atoms with Crippen molar-refractivity contribution in [1.29, 1.82) is 0 Å². The van der Waals surface area contributed by atoms with E-state index >= 15 is 0 Å². The predicted molar refractivity (Wildman–Crippen MR) is 110 cm³/mol. The zero-order chi connectivity index (χ0) is 19.7. The van der Waals surface area contributed by atoms with Crippen molar-refractivity contribution in [2.45, 2.75) is 25.6 Å². The number of halogens is 2. The van der Waals surface area contributed by atoms with E-state index in [0.717, 1.165) is 27.9 Å². The number of amides is 1. The molecule has 0 saturated carbocycles. The minimum Gasteiger partial charge on any atom is -0.333 e. The Morgan fingerprint density at radius 3 is 2.68 bits per heavy atom. The van der Waals surface area contributed by atoms with E-state index in [1.165, 1.54) is 0 Å². The zero-order valence-corrected chi connectivity index (χ0v) is 16.5. The fourth-order valence-corrected chi connectivity index (χ4v) is 3.90. The molecule has 2 aromatic carbocycles. The predicted octanol–water partition coefficient (Wildman–Crippen LogP) is 3.86. The van der Waals surface area contributed by atoms with Crippen LogP contribution in [0.1, 0.15) is 16.7 Å². The molecular weight excluding hydrogens is 395 g/mol. The smallest absolute Gasteiger partial charge is 0.240 e. The summed E-state index contributed by atoms with van der Waals surface area (Å²) in [4.78, 5) is 14.6. The molecule has 0 fully saturated rings. The molecule has 0 spiro atoms. The van der Waals surface area contributed by atoms with E-state index in [2.05, 4.69) is 16.3 Å². The first-order valence-electron chi connectivity index (χ1n) is 8.89. The lowest BCUT2D eigenvalue weighted by atomic mass is 10.0. The molecule has 28 heavy (non-hydrogen) atoms. The third-order valence-corrected chi connectivity index (χ3v) is 5.47. The maximum atomic E-state index is 12.9. The quantitative estimate of drug-likeness (QED) is 0.705. The minimum atomic E-state index is -0.660. The summed E-state index contributed by atoms with van der Waals surface area (Å²) in [5.41, 5.74) is 11.0. The van der Waals surface area contributed by atoms with Crippen molar-refractivity contribution >= 4 is 29.1 Å². The highest BCUT2D eigenvalue weighted by molar-refractivity contribution is 6.35. The summed E-state index contributed by atoms with van der Waals surface area (Å²) in [5.74, 6) is -0.0942. The van der Waals surface area contributed by atoms with Crippen LogP contribution in [0, 0.1) is 0 Å². The Labute approximate surface area is 173 Å². The van der Waals surface area contributed by atoms with E-state index in [4.69, 9.17) is 28.9 Å². The number of nitrogens with two attached hydrogens (primary N) is 1. The van der Waals surface area contributed by atoms with Crippen LogP contribution in [0.25, 0.3) is 11.3 Å². The molecular formula is C21H18Cl2N4O. The van der Waals surface area contributed by atoms with Crippen LogP contribution in [0.15, 0.2) is 54.7 Å². The van der Waals surface area contributed by atoms with Gasteiger partial charge in [0.25, 0.3) is 0 Å². The SMILES string of the molecule is N[C@H](Cc1ccc(Cl)cc1Cl)C(=O)N1Cc2ccc(-c3cccnn3)cc2C1. The molecule has 3 aromatic rings. The van der Waals surface area contributed by atoms with E-state index < -0.39 is 6.04 Å². The van der Waals surface area contributed by atoms with Gasteiger partial charge in [0, 0.05) is 34.9 Å². The molecule has 5 nitrogen and oxygen atoms in total. The average Bonchev–Trinajstić information content (AvgIpc) is 3.13. The molecule has 7 heteroatoms. The number of nitrogens with zero attached hydrogens (tertiary/aromatic N) is 3. The van der Waals surface area contributed by atoms with Gasteiger partial charge in [0.2, 0.25) is 5.91 Å². The summed E-state index contributed by atoms with van der Waals surface area (Å²) >= 11 is 12.1. The van der Waals surface area contributed by atoms with Crippen molar-refractivity contribution in [3.8, 4) is 11.3 Å². The lowest BCUT2D eigenvalue weighted by molar-refractivity contribution is -0.133. The van der Waals surface area contributed by atoms with Crippen LogP contribution in [0.5, 0.6) is 0 Å². The lowest BCUT2D eigenvalue weighted by Gasteiger charge is -2.20. The first-order chi connectivity index (χ1) is 13.5. The van der Waals surface area contributed by atoms with Gasteiger partial charge in [-0.1, -0.05) is 41.4 Å². The van der Waals surface area contributed by atoms with Gasteiger partial charge in [-0.15, -0.1) is 0 Å². The number of benzene rings is 2. The monoisotopic (exact) mass is 412 g/mol. The van der Waals surface area contributed by atoms with Crippen LogP contribution < -0.4 is 5.73 Å². The molecule has 0 radical (unpaired) electrons. The Kier molecular flexibility index (Phi) is 5.31. The summed E-state index contributed by atoms with van der Waals surface area (Å²) in [6.45, 7) is 1.08. The summed E-state index contributed by atoms with van der Waals surface area (Å²) in [5, 5.41) is 9.15. The van der Waals surface area contributed by atoms with Gasteiger partial charge in [-0.05, 0) is 53.4 Å².